The molecule has 3 aromatic rings. The number of benzene rings is 3. The molecule has 0 atom stereocenters. The van der Waals surface area contributed by atoms with E-state index in [4.69, 9.17) is 53.8 Å². The molecule has 0 bridgehead atoms. The maximum absolute atomic E-state index is 12.5. The Balaban J connectivity index is 1.72. The van der Waals surface area contributed by atoms with Crippen LogP contribution in [0.2, 0.25) is 15.1 Å². The van der Waals surface area contributed by atoms with Crippen molar-refractivity contribution in [1.29, 1.82) is 0 Å². The van der Waals surface area contributed by atoms with E-state index < -0.39 is 5.91 Å². The highest BCUT2D eigenvalue weighted by Gasteiger charge is 2.14. The monoisotopic (exact) mass is 550 g/mol. The van der Waals surface area contributed by atoms with Gasteiger partial charge in [-0.1, -0.05) is 40.9 Å². The molecule has 1 N–H and O–H groups in total. The zero-order chi connectivity index (χ0) is 26.1. The summed E-state index contributed by atoms with van der Waals surface area (Å²) in [7, 11) is 1.51. The van der Waals surface area contributed by atoms with Crippen LogP contribution in [-0.4, -0.2) is 32.4 Å². The highest BCUT2D eigenvalue weighted by molar-refractivity contribution is 6.35. The summed E-state index contributed by atoms with van der Waals surface area (Å²) < 4.78 is 22.4. The molecule has 3 aromatic carbocycles. The van der Waals surface area contributed by atoms with Gasteiger partial charge in [-0.2, -0.15) is 5.10 Å². The Hall–Kier alpha value is -3.13. The van der Waals surface area contributed by atoms with Crippen LogP contribution in [0.1, 0.15) is 35.3 Å². The summed E-state index contributed by atoms with van der Waals surface area (Å²) in [6, 6.07) is 13.4. The summed E-state index contributed by atoms with van der Waals surface area (Å²) in [6.07, 6.45) is 1.46. The SMILES string of the molecule is CCOc1ccc(C(=O)N/N=C/c2cc(Cl)c(OCc3ccc(Cl)cc3Cl)c(OCC)c2)cc1OC. The topological polar surface area (TPSA) is 78.4 Å². The number of carbonyl (C=O) groups excluding carboxylic acids is 1. The van der Waals surface area contributed by atoms with Gasteiger partial charge in [-0.05, 0) is 61.9 Å². The second-order valence-electron chi connectivity index (χ2n) is 7.29. The van der Waals surface area contributed by atoms with Gasteiger partial charge in [-0.25, -0.2) is 5.43 Å². The normalized spacial score (nSPS) is 10.8. The minimum atomic E-state index is -0.413. The maximum atomic E-state index is 12.5. The van der Waals surface area contributed by atoms with Crippen molar-refractivity contribution in [2.45, 2.75) is 20.5 Å². The number of amides is 1. The first kappa shape index (κ1) is 27.5. The largest absolute Gasteiger partial charge is 0.493 e. The molecule has 0 unspecified atom stereocenters. The fraction of sp³-hybridized carbons (Fsp3) is 0.231. The molecule has 0 spiro atoms. The van der Waals surface area contributed by atoms with E-state index in [1.807, 2.05) is 13.8 Å². The number of carbonyl (C=O) groups is 1. The third-order valence-electron chi connectivity index (χ3n) is 4.82. The van der Waals surface area contributed by atoms with Crippen LogP contribution < -0.4 is 24.4 Å². The fourth-order valence-electron chi connectivity index (χ4n) is 3.17. The van der Waals surface area contributed by atoms with E-state index in [0.717, 1.165) is 5.56 Å². The zero-order valence-corrected chi connectivity index (χ0v) is 22.2. The number of hydrogen-bond donors (Lipinski definition) is 1. The number of nitrogens with zero attached hydrogens (tertiary/aromatic N) is 1. The molecule has 190 valence electrons. The molecule has 0 heterocycles. The van der Waals surface area contributed by atoms with E-state index >= 15 is 0 Å². The summed E-state index contributed by atoms with van der Waals surface area (Å²) >= 11 is 18.7. The Bertz CT molecular complexity index is 1250. The van der Waals surface area contributed by atoms with Crippen LogP contribution in [0.15, 0.2) is 53.6 Å². The maximum Gasteiger partial charge on any atom is 0.271 e. The van der Waals surface area contributed by atoms with Gasteiger partial charge in [0.1, 0.15) is 6.61 Å². The fourth-order valence-corrected chi connectivity index (χ4v) is 3.90. The van der Waals surface area contributed by atoms with Crippen LogP contribution in [0.25, 0.3) is 0 Å². The smallest absolute Gasteiger partial charge is 0.271 e. The number of ether oxygens (including phenoxy) is 4. The number of hydrogen-bond acceptors (Lipinski definition) is 6. The van der Waals surface area contributed by atoms with Crippen molar-refractivity contribution in [2.75, 3.05) is 20.3 Å². The van der Waals surface area contributed by atoms with Gasteiger partial charge in [-0.3, -0.25) is 4.79 Å². The van der Waals surface area contributed by atoms with Gasteiger partial charge in [-0.15, -0.1) is 0 Å². The lowest BCUT2D eigenvalue weighted by Crippen LogP contribution is -2.17. The molecule has 1 amide bonds. The molecule has 0 saturated carbocycles. The third kappa shape index (κ3) is 7.20. The Morgan fingerprint density at radius 2 is 1.64 bits per heavy atom. The number of halogens is 3. The Morgan fingerprint density at radius 1 is 0.889 bits per heavy atom. The van der Waals surface area contributed by atoms with E-state index in [1.165, 1.54) is 13.3 Å². The highest BCUT2D eigenvalue weighted by atomic mass is 35.5. The number of rotatable bonds is 11. The van der Waals surface area contributed by atoms with Gasteiger partial charge in [0.05, 0.1) is 31.6 Å². The van der Waals surface area contributed by atoms with E-state index in [0.29, 0.717) is 62.4 Å². The summed E-state index contributed by atoms with van der Waals surface area (Å²) in [5, 5.41) is 5.37. The van der Waals surface area contributed by atoms with E-state index in [-0.39, 0.29) is 6.61 Å². The summed E-state index contributed by atoms with van der Waals surface area (Å²) in [6.45, 7) is 4.76. The van der Waals surface area contributed by atoms with Crippen molar-refractivity contribution in [3.8, 4) is 23.0 Å². The van der Waals surface area contributed by atoms with Gasteiger partial charge in [0, 0.05) is 21.2 Å². The second-order valence-corrected chi connectivity index (χ2v) is 8.54. The van der Waals surface area contributed by atoms with Crippen LogP contribution in [0, 0.1) is 0 Å². The molecule has 0 aromatic heterocycles. The average Bonchev–Trinajstić information content (AvgIpc) is 2.85. The predicted molar refractivity (Wildman–Crippen MR) is 143 cm³/mol. The molecule has 0 aliphatic rings. The van der Waals surface area contributed by atoms with Crippen molar-refractivity contribution in [3.63, 3.8) is 0 Å². The Labute approximate surface area is 224 Å². The molecule has 36 heavy (non-hydrogen) atoms. The number of hydrazone groups is 1. The summed E-state index contributed by atoms with van der Waals surface area (Å²) in [5.74, 6) is 1.39. The predicted octanol–water partition coefficient (Wildman–Crippen LogP) is 6.80. The molecular formula is C26H25Cl3N2O5. The Kier molecular flexibility index (Phi) is 10.1. The zero-order valence-electron chi connectivity index (χ0n) is 19.9. The summed E-state index contributed by atoms with van der Waals surface area (Å²) in [5.41, 5.74) is 4.20. The van der Waals surface area contributed by atoms with Crippen molar-refractivity contribution in [1.82, 2.24) is 5.43 Å². The van der Waals surface area contributed by atoms with Crippen LogP contribution >= 0.6 is 34.8 Å². The van der Waals surface area contributed by atoms with Crippen LogP contribution in [-0.2, 0) is 6.61 Å². The number of methoxy groups -OCH3 is 1. The number of nitrogens with one attached hydrogen (secondary N) is 1. The minimum Gasteiger partial charge on any atom is -0.493 e. The van der Waals surface area contributed by atoms with Gasteiger partial charge in [0.2, 0.25) is 0 Å². The van der Waals surface area contributed by atoms with Gasteiger partial charge in [0.25, 0.3) is 5.91 Å². The third-order valence-corrected chi connectivity index (χ3v) is 5.69. The van der Waals surface area contributed by atoms with Gasteiger partial charge >= 0.3 is 0 Å². The molecule has 7 nitrogen and oxygen atoms in total. The van der Waals surface area contributed by atoms with E-state index in [9.17, 15) is 4.79 Å². The van der Waals surface area contributed by atoms with Gasteiger partial charge in [0.15, 0.2) is 23.0 Å². The van der Waals surface area contributed by atoms with Crippen molar-refractivity contribution in [3.05, 3.63) is 80.3 Å². The van der Waals surface area contributed by atoms with Crippen molar-refractivity contribution < 1.29 is 23.7 Å². The summed E-state index contributed by atoms with van der Waals surface area (Å²) in [4.78, 5) is 12.5. The van der Waals surface area contributed by atoms with Crippen molar-refractivity contribution >= 4 is 46.9 Å². The average molecular weight is 552 g/mol. The minimum absolute atomic E-state index is 0.171. The molecule has 0 radical (unpaired) electrons. The lowest BCUT2D eigenvalue weighted by molar-refractivity contribution is 0.0954. The van der Waals surface area contributed by atoms with E-state index in [2.05, 4.69) is 10.5 Å². The molecule has 10 heteroatoms. The molecule has 3 rings (SSSR count). The molecule has 0 aliphatic heterocycles. The second kappa shape index (κ2) is 13.3. The molecule has 0 saturated heterocycles. The first-order valence-electron chi connectivity index (χ1n) is 11.0. The van der Waals surface area contributed by atoms with Crippen LogP contribution in [0.5, 0.6) is 23.0 Å². The first-order chi connectivity index (χ1) is 17.4. The first-order valence-corrected chi connectivity index (χ1v) is 12.2. The lowest BCUT2D eigenvalue weighted by atomic mass is 10.2. The highest BCUT2D eigenvalue weighted by Crippen LogP contribution is 2.37. The van der Waals surface area contributed by atoms with Crippen LogP contribution in [0.3, 0.4) is 0 Å². The molecular weight excluding hydrogens is 527 g/mol. The molecule has 0 fully saturated rings. The van der Waals surface area contributed by atoms with Gasteiger partial charge < -0.3 is 18.9 Å². The van der Waals surface area contributed by atoms with Crippen LogP contribution in [0.4, 0.5) is 0 Å². The quantitative estimate of drug-likeness (QED) is 0.210. The Morgan fingerprint density at radius 3 is 2.33 bits per heavy atom. The lowest BCUT2D eigenvalue weighted by Gasteiger charge is -2.15. The van der Waals surface area contributed by atoms with Crippen molar-refractivity contribution in [2.24, 2.45) is 5.10 Å². The molecule has 0 aliphatic carbocycles. The standard InChI is InChI=1S/C26H25Cl3N2O5/c1-4-34-22-9-7-17(12-23(22)33-3)26(32)31-30-14-16-10-21(29)25(24(11-16)35-5-2)36-15-18-6-8-19(27)13-20(18)28/h6-14H,4-5,15H2,1-3H3,(H,31,32)/b30-14+. The van der Waals surface area contributed by atoms with E-state index in [1.54, 1.807) is 48.5 Å².